The van der Waals surface area contributed by atoms with Crippen LogP contribution in [0.5, 0.6) is 0 Å². The van der Waals surface area contributed by atoms with Gasteiger partial charge in [-0.05, 0) is 0 Å². The van der Waals surface area contributed by atoms with Crippen molar-refractivity contribution in [1.82, 2.24) is 0 Å². The van der Waals surface area contributed by atoms with Crippen LogP contribution < -0.4 is 0 Å². The summed E-state index contributed by atoms with van der Waals surface area (Å²) in [5.41, 5.74) is 0. The van der Waals surface area contributed by atoms with E-state index in [2.05, 4.69) is 4.99 Å². The molecular weight excluding hydrogens is 88.0 g/mol. The lowest BCUT2D eigenvalue weighted by atomic mass is 10.5. The molecule has 1 aliphatic rings. The normalized spacial score (nSPS) is 18.3. The van der Waals surface area contributed by atoms with Crippen molar-refractivity contribution in [3.8, 4) is 0 Å². The number of nitrogens with zero attached hydrogens (tertiary/aromatic N) is 1. The predicted octanol–water partition coefficient (Wildman–Crippen LogP) is 1.18. The van der Waals surface area contributed by atoms with Gasteiger partial charge in [-0.1, -0.05) is 0 Å². The van der Waals surface area contributed by atoms with Crippen LogP contribution in [0.4, 0.5) is 8.78 Å². The van der Waals surface area contributed by atoms with Gasteiger partial charge >= 0.3 is 0 Å². The molecular formula is C3HF2N. The minimum atomic E-state index is -0.991. The maximum atomic E-state index is 11.3. The van der Waals surface area contributed by atoms with Crippen LogP contribution in [0.2, 0.25) is 0 Å². The van der Waals surface area contributed by atoms with Crippen LogP contribution in [0.25, 0.3) is 0 Å². The first-order valence-electron chi connectivity index (χ1n) is 1.40. The van der Waals surface area contributed by atoms with Crippen LogP contribution in [-0.4, -0.2) is 5.97 Å². The van der Waals surface area contributed by atoms with Gasteiger partial charge in [-0.15, -0.1) is 0 Å². The van der Waals surface area contributed by atoms with Crippen LogP contribution >= 0.6 is 0 Å². The summed E-state index contributed by atoms with van der Waals surface area (Å²) in [6.07, 6.45) is 0.829. The molecule has 0 amide bonds. The Labute approximate surface area is 33.0 Å². The summed E-state index contributed by atoms with van der Waals surface area (Å²) in [5.74, 6) is -1.84. The van der Waals surface area contributed by atoms with Crippen LogP contribution in [0, 0.1) is 0 Å². The molecule has 0 N–H and O–H groups in total. The maximum absolute atomic E-state index is 11.3. The molecule has 1 nitrogen and oxygen atoms in total. The van der Waals surface area contributed by atoms with Gasteiger partial charge in [-0.2, -0.15) is 4.39 Å². The van der Waals surface area contributed by atoms with E-state index in [9.17, 15) is 8.78 Å². The Morgan fingerprint density at radius 1 is 1.50 bits per heavy atom. The van der Waals surface area contributed by atoms with Gasteiger partial charge in [-0.3, -0.25) is 0 Å². The van der Waals surface area contributed by atoms with Crippen molar-refractivity contribution in [1.29, 1.82) is 0 Å². The molecule has 0 saturated heterocycles. The van der Waals surface area contributed by atoms with Crippen molar-refractivity contribution < 1.29 is 8.78 Å². The molecule has 0 fully saturated rings. The Kier molecular flexibility index (Phi) is 0.498. The molecule has 1 aliphatic heterocycles. The van der Waals surface area contributed by atoms with E-state index in [1.165, 1.54) is 0 Å². The molecule has 0 radical (unpaired) electrons. The Bertz CT molecular complexity index is 109. The highest BCUT2D eigenvalue weighted by Crippen LogP contribution is 2.10. The molecule has 32 valence electrons. The molecule has 0 aromatic rings. The van der Waals surface area contributed by atoms with Gasteiger partial charge in [0.25, 0.3) is 5.97 Å². The molecule has 0 saturated carbocycles. The fourth-order valence-electron chi connectivity index (χ4n) is 0.162. The molecule has 1 rings (SSSR count). The largest absolute Gasteiger partial charge is 0.250 e. The summed E-state index contributed by atoms with van der Waals surface area (Å²) in [6.45, 7) is 0. The van der Waals surface area contributed by atoms with E-state index >= 15 is 0 Å². The van der Waals surface area contributed by atoms with Gasteiger partial charge < -0.3 is 0 Å². The third-order valence-electron chi connectivity index (χ3n) is 0.488. The summed E-state index contributed by atoms with van der Waals surface area (Å²) >= 11 is 0. The zero-order valence-corrected chi connectivity index (χ0v) is 2.78. The minimum Gasteiger partial charge on any atom is -0.222 e. The highest BCUT2D eigenvalue weighted by Gasteiger charge is 2.09. The van der Waals surface area contributed by atoms with Gasteiger partial charge in [0.05, 0.1) is 6.20 Å². The molecule has 3 heteroatoms. The average Bonchev–Trinajstić information content (AvgIpc) is 1.61. The number of allylic oxidation sites excluding steroid dienone is 1. The molecule has 0 bridgehead atoms. The zero-order valence-electron chi connectivity index (χ0n) is 2.78. The Morgan fingerprint density at radius 3 is 2.00 bits per heavy atom. The number of aliphatic imine (C=N–C) groups is 1. The predicted molar refractivity (Wildman–Crippen MR) is 17.7 cm³/mol. The second kappa shape index (κ2) is 0.864. The van der Waals surface area contributed by atoms with E-state index in [0.717, 1.165) is 6.20 Å². The molecule has 6 heavy (non-hydrogen) atoms. The standard InChI is InChI=1S/C3HF2N/c4-2-1-6-3(2)5/h1H. The van der Waals surface area contributed by atoms with E-state index in [-0.39, 0.29) is 0 Å². The van der Waals surface area contributed by atoms with Crippen LogP contribution in [0.3, 0.4) is 0 Å². The van der Waals surface area contributed by atoms with Crippen molar-refractivity contribution in [2.45, 2.75) is 0 Å². The average molecular weight is 89.0 g/mol. The van der Waals surface area contributed by atoms with Crippen LogP contribution in [0.1, 0.15) is 0 Å². The summed E-state index contributed by atoms with van der Waals surface area (Å²) in [6, 6.07) is 0. The highest BCUT2D eigenvalue weighted by molar-refractivity contribution is 5.95. The van der Waals surface area contributed by atoms with E-state index in [1.807, 2.05) is 0 Å². The summed E-state index contributed by atoms with van der Waals surface area (Å²) in [7, 11) is 0. The fraction of sp³-hybridized carbons (Fsp3) is 0. The van der Waals surface area contributed by atoms with Gasteiger partial charge in [0.2, 0.25) is 0 Å². The third kappa shape index (κ3) is 0.246. The molecule has 0 spiro atoms. The Morgan fingerprint density at radius 2 is 2.00 bits per heavy atom. The number of halogens is 2. The SMILES string of the molecule is FC1=CN=C1F. The monoisotopic (exact) mass is 89.0 g/mol. The van der Waals surface area contributed by atoms with E-state index < -0.39 is 11.8 Å². The molecule has 0 atom stereocenters. The number of hydrogen-bond acceptors (Lipinski definition) is 1. The first-order chi connectivity index (χ1) is 2.80. The summed E-state index contributed by atoms with van der Waals surface area (Å²) in [4.78, 5) is 2.86. The lowest BCUT2D eigenvalue weighted by Gasteiger charge is -1.94. The van der Waals surface area contributed by atoms with Gasteiger partial charge in [0.1, 0.15) is 0 Å². The quantitative estimate of drug-likeness (QED) is 0.422. The van der Waals surface area contributed by atoms with Crippen LogP contribution in [-0.2, 0) is 0 Å². The maximum Gasteiger partial charge on any atom is 0.250 e. The first-order valence-corrected chi connectivity index (χ1v) is 1.40. The van der Waals surface area contributed by atoms with E-state index in [4.69, 9.17) is 0 Å². The van der Waals surface area contributed by atoms with Gasteiger partial charge in [0, 0.05) is 0 Å². The lowest BCUT2D eigenvalue weighted by molar-refractivity contribution is 0.621. The fourth-order valence-corrected chi connectivity index (χ4v) is 0.162. The summed E-state index contributed by atoms with van der Waals surface area (Å²) < 4.78 is 22.5. The minimum absolute atomic E-state index is 0.829. The van der Waals surface area contributed by atoms with Gasteiger partial charge in [0.15, 0.2) is 5.83 Å². The second-order valence-electron chi connectivity index (χ2n) is 0.897. The number of hydrogen-bond donors (Lipinski definition) is 0. The molecule has 0 aromatic carbocycles. The third-order valence-corrected chi connectivity index (χ3v) is 0.488. The van der Waals surface area contributed by atoms with Crippen molar-refractivity contribution in [3.63, 3.8) is 0 Å². The first kappa shape index (κ1) is 3.46. The number of rotatable bonds is 0. The van der Waals surface area contributed by atoms with E-state index in [1.54, 1.807) is 0 Å². The smallest absolute Gasteiger partial charge is 0.222 e. The zero-order chi connectivity index (χ0) is 4.57. The molecule has 0 unspecified atom stereocenters. The van der Waals surface area contributed by atoms with E-state index in [0.29, 0.717) is 0 Å². The molecule has 1 heterocycles. The van der Waals surface area contributed by atoms with Gasteiger partial charge in [-0.25, -0.2) is 9.38 Å². The van der Waals surface area contributed by atoms with Crippen molar-refractivity contribution in [3.05, 3.63) is 12.0 Å². The Hall–Kier alpha value is -0.730. The lowest BCUT2D eigenvalue weighted by Crippen LogP contribution is -1.95. The Balaban J connectivity index is 2.63. The molecule has 0 aliphatic carbocycles. The van der Waals surface area contributed by atoms with Crippen molar-refractivity contribution in [2.75, 3.05) is 0 Å². The highest BCUT2D eigenvalue weighted by atomic mass is 19.2. The topological polar surface area (TPSA) is 12.4 Å². The van der Waals surface area contributed by atoms with Crippen molar-refractivity contribution >= 4 is 5.97 Å². The molecule has 0 aromatic heterocycles. The van der Waals surface area contributed by atoms with Crippen molar-refractivity contribution in [2.24, 2.45) is 4.99 Å². The van der Waals surface area contributed by atoms with Crippen LogP contribution in [0.15, 0.2) is 17.0 Å². The summed E-state index contributed by atoms with van der Waals surface area (Å²) in [5, 5.41) is 0. The second-order valence-corrected chi connectivity index (χ2v) is 0.897.